The van der Waals surface area contributed by atoms with Crippen molar-refractivity contribution in [2.75, 3.05) is 0 Å². The number of nitrogens with one attached hydrogen (secondary N) is 1. The Morgan fingerprint density at radius 3 is 1.76 bits per heavy atom. The third-order valence-electron chi connectivity index (χ3n) is 7.44. The number of H-pyrrole nitrogens is 1. The molecule has 0 bridgehead atoms. The van der Waals surface area contributed by atoms with Crippen LogP contribution in [0.2, 0.25) is 36.3 Å². The van der Waals surface area contributed by atoms with Gasteiger partial charge in [-0.25, -0.2) is 4.79 Å². The number of hydrogen-bond acceptors (Lipinski definition) is 5. The molecule has 1 aromatic heterocycles. The predicted octanol–water partition coefficient (Wildman–Crippen LogP) is 5.25. The van der Waals surface area contributed by atoms with Gasteiger partial charge in [-0.3, -0.25) is 14.3 Å². The van der Waals surface area contributed by atoms with E-state index < -0.39 is 64.2 Å². The molecule has 2 heterocycles. The lowest BCUT2D eigenvalue weighted by molar-refractivity contribution is -0.139. The van der Waals surface area contributed by atoms with Crippen LogP contribution in [-0.2, 0) is 19.8 Å². The van der Waals surface area contributed by atoms with E-state index in [0.717, 1.165) is 4.57 Å². The smallest absolute Gasteiger partial charge is 0.409 e. The summed E-state index contributed by atoms with van der Waals surface area (Å²) in [5, 5.41) is -0.345. The molecule has 1 aliphatic rings. The van der Waals surface area contributed by atoms with Crippen LogP contribution in [0.4, 0.5) is 13.2 Å². The predicted molar refractivity (Wildman–Crippen MR) is 130 cm³/mol. The van der Waals surface area contributed by atoms with Crippen LogP contribution >= 0.6 is 0 Å². The van der Waals surface area contributed by atoms with Crippen molar-refractivity contribution < 1.29 is 26.8 Å². The summed E-state index contributed by atoms with van der Waals surface area (Å²) in [6.45, 7) is 22.4. The zero-order valence-corrected chi connectivity index (χ0v) is 24.0. The molecule has 1 aliphatic heterocycles. The van der Waals surface area contributed by atoms with Crippen LogP contribution in [0.25, 0.3) is 0 Å². The fraction of sp³-hybridized carbons (Fsp3) is 0.818. The first-order chi connectivity index (χ1) is 15.0. The Morgan fingerprint density at radius 2 is 1.35 bits per heavy atom. The highest BCUT2D eigenvalue weighted by atomic mass is 28.4. The summed E-state index contributed by atoms with van der Waals surface area (Å²) in [5.41, 5.74) is -3.95. The van der Waals surface area contributed by atoms with Crippen molar-refractivity contribution in [3.05, 3.63) is 32.6 Å². The summed E-state index contributed by atoms with van der Waals surface area (Å²) in [5.74, 6) is 0. The lowest BCUT2D eigenvalue weighted by atomic mass is 10.1. The first kappa shape index (κ1) is 29.0. The largest absolute Gasteiger partial charge is 0.423 e. The van der Waals surface area contributed by atoms with Crippen LogP contribution in [-0.4, -0.2) is 44.5 Å². The van der Waals surface area contributed by atoms with E-state index in [-0.39, 0.29) is 10.1 Å². The second-order valence-electron chi connectivity index (χ2n) is 12.1. The highest BCUT2D eigenvalue weighted by molar-refractivity contribution is 6.74. The van der Waals surface area contributed by atoms with Crippen LogP contribution in [0.3, 0.4) is 0 Å². The number of rotatable bonds is 5. The molecule has 0 spiro atoms. The van der Waals surface area contributed by atoms with Gasteiger partial charge in [0.25, 0.3) is 5.56 Å². The van der Waals surface area contributed by atoms with Gasteiger partial charge in [-0.05, 0) is 43.2 Å². The van der Waals surface area contributed by atoms with Crippen molar-refractivity contribution in [3.63, 3.8) is 0 Å². The molecule has 4 atom stereocenters. The summed E-state index contributed by atoms with van der Waals surface area (Å²) in [6, 6.07) is 0. The Labute approximate surface area is 201 Å². The molecule has 1 fully saturated rings. The molecule has 0 saturated carbocycles. The molecule has 1 N–H and O–H groups in total. The molecule has 1 aromatic rings. The van der Waals surface area contributed by atoms with Crippen molar-refractivity contribution in [2.24, 2.45) is 0 Å². The Bertz CT molecular complexity index is 1010. The van der Waals surface area contributed by atoms with Crippen molar-refractivity contribution in [3.8, 4) is 0 Å². The molecular weight excluding hydrogens is 485 g/mol. The molecule has 0 aliphatic carbocycles. The van der Waals surface area contributed by atoms with Gasteiger partial charge in [-0.2, -0.15) is 13.2 Å². The van der Waals surface area contributed by atoms with Crippen LogP contribution in [0.1, 0.15) is 60.3 Å². The second kappa shape index (κ2) is 9.02. The summed E-state index contributed by atoms with van der Waals surface area (Å²) < 4.78 is 60.5. The normalized spacial score (nSPS) is 25.1. The molecule has 0 amide bonds. The summed E-state index contributed by atoms with van der Waals surface area (Å²) in [7, 11) is -4.81. The van der Waals surface area contributed by atoms with Crippen LogP contribution in [0, 0.1) is 0 Å². The number of hydrogen-bond donors (Lipinski definition) is 1. The number of aromatic nitrogens is 2. The molecule has 12 heteroatoms. The second-order valence-corrected chi connectivity index (χ2v) is 21.6. The maximum absolute atomic E-state index is 13.5. The lowest BCUT2D eigenvalue weighted by Gasteiger charge is -2.44. The van der Waals surface area contributed by atoms with Crippen LogP contribution in [0.5, 0.6) is 0 Å². The molecule has 196 valence electrons. The van der Waals surface area contributed by atoms with Crippen molar-refractivity contribution >= 4 is 16.6 Å². The molecule has 0 radical (unpaired) electrons. The van der Waals surface area contributed by atoms with Gasteiger partial charge in [0.05, 0.1) is 6.10 Å². The van der Waals surface area contributed by atoms with Crippen molar-refractivity contribution in [1.29, 1.82) is 0 Å². The Balaban J connectivity index is 2.66. The summed E-state index contributed by atoms with van der Waals surface area (Å²) in [4.78, 5) is 26.3. The van der Waals surface area contributed by atoms with Crippen LogP contribution < -0.4 is 11.2 Å². The molecule has 7 nitrogen and oxygen atoms in total. The average Bonchev–Trinajstić information content (AvgIpc) is 2.87. The Hall–Kier alpha value is -1.22. The van der Waals surface area contributed by atoms with Gasteiger partial charge in [0, 0.05) is 6.20 Å². The van der Waals surface area contributed by atoms with Crippen molar-refractivity contribution in [1.82, 2.24) is 9.55 Å². The summed E-state index contributed by atoms with van der Waals surface area (Å²) >= 11 is 0. The maximum Gasteiger partial charge on any atom is 0.423 e. The van der Waals surface area contributed by atoms with Gasteiger partial charge in [0.2, 0.25) is 0 Å². The van der Waals surface area contributed by atoms with E-state index in [1.54, 1.807) is 11.9 Å². The number of ether oxygens (including phenoxy) is 1. The summed E-state index contributed by atoms with van der Waals surface area (Å²) in [6.07, 6.45) is -7.59. The zero-order valence-electron chi connectivity index (χ0n) is 22.0. The lowest BCUT2D eigenvalue weighted by Crippen LogP contribution is -2.53. The van der Waals surface area contributed by atoms with E-state index in [1.165, 1.54) is 0 Å². The van der Waals surface area contributed by atoms with Gasteiger partial charge in [0.15, 0.2) is 22.9 Å². The highest BCUT2D eigenvalue weighted by Crippen LogP contribution is 2.45. The third-order valence-corrected chi connectivity index (χ3v) is 16.4. The zero-order chi connectivity index (χ0) is 26.7. The van der Waals surface area contributed by atoms with Gasteiger partial charge >= 0.3 is 11.9 Å². The van der Waals surface area contributed by atoms with E-state index in [1.807, 2.05) is 33.9 Å². The quantitative estimate of drug-likeness (QED) is 0.532. The molecule has 2 rings (SSSR count). The Morgan fingerprint density at radius 1 is 0.912 bits per heavy atom. The SMILES string of the molecule is C[C@H]1O[C@@H](n2cc(C(F)(F)F)c(=O)[nH]c2=O)[C@H](O[Si](C)(C)C(C)(C)C)[C@@H]1O[Si](C)(C)C(C)(C)C. The van der Waals surface area contributed by atoms with Gasteiger partial charge in [-0.1, -0.05) is 41.5 Å². The van der Waals surface area contributed by atoms with Gasteiger partial charge < -0.3 is 13.6 Å². The van der Waals surface area contributed by atoms with E-state index in [9.17, 15) is 22.8 Å². The third kappa shape index (κ3) is 5.77. The van der Waals surface area contributed by atoms with Crippen molar-refractivity contribution in [2.45, 2.75) is 115 Å². The average molecular weight is 525 g/mol. The van der Waals surface area contributed by atoms with Gasteiger partial charge in [0.1, 0.15) is 17.8 Å². The Kier molecular flexibility index (Phi) is 7.70. The molecule has 0 aromatic carbocycles. The first-order valence-corrected chi connectivity index (χ1v) is 17.2. The monoisotopic (exact) mass is 524 g/mol. The topological polar surface area (TPSA) is 82.6 Å². The number of aromatic amines is 1. The van der Waals surface area contributed by atoms with E-state index >= 15 is 0 Å². The minimum atomic E-state index is -4.93. The molecule has 0 unspecified atom stereocenters. The van der Waals surface area contributed by atoms with E-state index in [2.05, 4.69) is 33.9 Å². The molecular formula is C22H39F3N2O5Si2. The minimum Gasteiger partial charge on any atom is -0.409 e. The standard InChI is InChI=1S/C22H39F3N2O5Si2/c1-13-15(31-33(8,9)20(2,3)4)16(32-34(10,11)21(5,6)7)18(30-13)27-12-14(22(23,24)25)17(28)26-19(27)29/h12-13,15-16,18H,1-11H3,(H,26,28,29)/t13-,15-,16-,18-/m1/s1. The number of nitrogens with zero attached hydrogens (tertiary/aromatic N) is 1. The first-order valence-electron chi connectivity index (χ1n) is 11.4. The van der Waals surface area contributed by atoms with E-state index in [4.69, 9.17) is 13.6 Å². The maximum atomic E-state index is 13.5. The highest BCUT2D eigenvalue weighted by Gasteiger charge is 2.53. The molecule has 34 heavy (non-hydrogen) atoms. The fourth-order valence-electron chi connectivity index (χ4n) is 3.23. The van der Waals surface area contributed by atoms with Crippen LogP contribution in [0.15, 0.2) is 15.8 Å². The fourth-order valence-corrected chi connectivity index (χ4v) is 5.87. The van der Waals surface area contributed by atoms with E-state index in [0.29, 0.717) is 6.20 Å². The van der Waals surface area contributed by atoms with Gasteiger partial charge in [-0.15, -0.1) is 0 Å². The minimum absolute atomic E-state index is 0.134. The number of halogens is 3. The molecule has 1 saturated heterocycles. The number of alkyl halides is 3.